The standard InChI is InChI=1S/C11H11NS.C2H6/c1-8-3-5-10(6-4-8)11-7-12-9(2)13-11;1-2/h3-7H,1-2H3;1-2H3. The van der Waals surface area contributed by atoms with Gasteiger partial charge in [-0.15, -0.1) is 11.3 Å². The van der Waals surface area contributed by atoms with Gasteiger partial charge in [-0.3, -0.25) is 0 Å². The fraction of sp³-hybridized carbons (Fsp3) is 0.308. The molecule has 0 bridgehead atoms. The Morgan fingerprint density at radius 3 is 2.07 bits per heavy atom. The number of hydrogen-bond acceptors (Lipinski definition) is 2. The molecule has 1 aromatic heterocycles. The van der Waals surface area contributed by atoms with Crippen LogP contribution in [0.5, 0.6) is 0 Å². The van der Waals surface area contributed by atoms with E-state index in [4.69, 9.17) is 0 Å². The molecule has 0 unspecified atom stereocenters. The molecule has 0 aliphatic rings. The van der Waals surface area contributed by atoms with Crippen LogP contribution in [0.2, 0.25) is 0 Å². The van der Waals surface area contributed by atoms with Gasteiger partial charge in [0.25, 0.3) is 0 Å². The summed E-state index contributed by atoms with van der Waals surface area (Å²) in [7, 11) is 0. The Morgan fingerprint density at radius 2 is 1.60 bits per heavy atom. The van der Waals surface area contributed by atoms with Crippen LogP contribution in [-0.2, 0) is 0 Å². The van der Waals surface area contributed by atoms with Gasteiger partial charge in [-0.05, 0) is 19.4 Å². The van der Waals surface area contributed by atoms with E-state index in [1.165, 1.54) is 16.0 Å². The van der Waals surface area contributed by atoms with Crippen molar-refractivity contribution >= 4 is 11.3 Å². The maximum atomic E-state index is 4.23. The molecule has 0 aliphatic carbocycles. The molecule has 0 atom stereocenters. The van der Waals surface area contributed by atoms with Crippen LogP contribution in [0, 0.1) is 13.8 Å². The van der Waals surface area contributed by atoms with E-state index in [9.17, 15) is 0 Å². The molecule has 80 valence electrons. The van der Waals surface area contributed by atoms with E-state index in [-0.39, 0.29) is 0 Å². The minimum Gasteiger partial charge on any atom is -0.249 e. The molecule has 0 fully saturated rings. The van der Waals surface area contributed by atoms with E-state index in [1.54, 1.807) is 11.3 Å². The molecule has 0 aliphatic heterocycles. The lowest BCUT2D eigenvalue weighted by atomic mass is 10.1. The van der Waals surface area contributed by atoms with Gasteiger partial charge < -0.3 is 0 Å². The van der Waals surface area contributed by atoms with Gasteiger partial charge in [-0.1, -0.05) is 43.7 Å². The normalized spacial score (nSPS) is 9.33. The monoisotopic (exact) mass is 219 g/mol. The summed E-state index contributed by atoms with van der Waals surface area (Å²) in [6, 6.07) is 8.54. The van der Waals surface area contributed by atoms with Gasteiger partial charge in [0.2, 0.25) is 0 Å². The zero-order chi connectivity index (χ0) is 11.3. The van der Waals surface area contributed by atoms with Crippen molar-refractivity contribution in [3.05, 3.63) is 41.0 Å². The first-order valence-electron chi connectivity index (χ1n) is 5.25. The number of thiazole rings is 1. The highest BCUT2D eigenvalue weighted by Crippen LogP contribution is 2.25. The van der Waals surface area contributed by atoms with Crippen LogP contribution in [0.1, 0.15) is 24.4 Å². The van der Waals surface area contributed by atoms with Gasteiger partial charge >= 0.3 is 0 Å². The van der Waals surface area contributed by atoms with Crippen LogP contribution in [0.25, 0.3) is 10.4 Å². The third-order valence-corrected chi connectivity index (χ3v) is 2.92. The number of benzene rings is 1. The van der Waals surface area contributed by atoms with E-state index in [0.29, 0.717) is 0 Å². The Morgan fingerprint density at radius 1 is 1.00 bits per heavy atom. The maximum absolute atomic E-state index is 4.23. The number of hydrogen-bond donors (Lipinski definition) is 0. The molecule has 0 amide bonds. The van der Waals surface area contributed by atoms with Crippen molar-refractivity contribution in [1.29, 1.82) is 0 Å². The lowest BCUT2D eigenvalue weighted by Gasteiger charge is -1.96. The third kappa shape index (κ3) is 3.17. The molecule has 0 N–H and O–H groups in total. The quantitative estimate of drug-likeness (QED) is 0.690. The van der Waals surface area contributed by atoms with Crippen molar-refractivity contribution in [3.63, 3.8) is 0 Å². The average molecular weight is 219 g/mol. The van der Waals surface area contributed by atoms with Crippen molar-refractivity contribution < 1.29 is 0 Å². The highest BCUT2D eigenvalue weighted by molar-refractivity contribution is 7.15. The smallest absolute Gasteiger partial charge is 0.0900 e. The molecule has 0 radical (unpaired) electrons. The van der Waals surface area contributed by atoms with Gasteiger partial charge in [0, 0.05) is 6.20 Å². The molecule has 0 saturated heterocycles. The molecule has 1 nitrogen and oxygen atoms in total. The van der Waals surface area contributed by atoms with Crippen molar-refractivity contribution in [2.45, 2.75) is 27.7 Å². The van der Waals surface area contributed by atoms with Crippen LogP contribution in [-0.4, -0.2) is 4.98 Å². The number of aromatic nitrogens is 1. The second-order valence-electron chi connectivity index (χ2n) is 3.11. The van der Waals surface area contributed by atoms with Gasteiger partial charge in [-0.25, -0.2) is 4.98 Å². The molecule has 15 heavy (non-hydrogen) atoms. The molecule has 1 aromatic carbocycles. The average Bonchev–Trinajstić information content (AvgIpc) is 2.69. The Labute approximate surface area is 95.8 Å². The van der Waals surface area contributed by atoms with Gasteiger partial charge in [0.05, 0.1) is 9.88 Å². The van der Waals surface area contributed by atoms with Crippen molar-refractivity contribution in [3.8, 4) is 10.4 Å². The summed E-state index contributed by atoms with van der Waals surface area (Å²) >= 11 is 1.74. The topological polar surface area (TPSA) is 12.9 Å². The molecule has 2 rings (SSSR count). The lowest BCUT2D eigenvalue weighted by molar-refractivity contribution is 1.30. The SMILES string of the molecule is CC.Cc1ccc(-c2cnc(C)s2)cc1. The third-order valence-electron chi connectivity index (χ3n) is 1.96. The van der Waals surface area contributed by atoms with Crippen molar-refractivity contribution in [1.82, 2.24) is 4.98 Å². The van der Waals surface area contributed by atoms with Crippen LogP contribution in [0.4, 0.5) is 0 Å². The molecule has 1 heterocycles. The van der Waals surface area contributed by atoms with Gasteiger partial charge in [0.1, 0.15) is 0 Å². The summed E-state index contributed by atoms with van der Waals surface area (Å²) in [5, 5.41) is 1.12. The van der Waals surface area contributed by atoms with E-state index in [2.05, 4.69) is 36.2 Å². The van der Waals surface area contributed by atoms with Gasteiger partial charge in [-0.2, -0.15) is 0 Å². The lowest BCUT2D eigenvalue weighted by Crippen LogP contribution is -1.73. The summed E-state index contributed by atoms with van der Waals surface area (Å²) in [6.07, 6.45) is 1.94. The van der Waals surface area contributed by atoms with E-state index >= 15 is 0 Å². The molecular weight excluding hydrogens is 202 g/mol. The zero-order valence-corrected chi connectivity index (χ0v) is 10.6. The molecule has 2 heteroatoms. The Kier molecular flexibility index (Phi) is 4.50. The summed E-state index contributed by atoms with van der Waals surface area (Å²) in [5.41, 5.74) is 2.56. The first kappa shape index (κ1) is 11.9. The van der Waals surface area contributed by atoms with Crippen LogP contribution >= 0.6 is 11.3 Å². The summed E-state index contributed by atoms with van der Waals surface area (Å²) in [4.78, 5) is 5.48. The minimum absolute atomic E-state index is 1.12. The molecule has 0 saturated carbocycles. The van der Waals surface area contributed by atoms with E-state index in [0.717, 1.165) is 5.01 Å². The largest absolute Gasteiger partial charge is 0.249 e. The molecular formula is C13H17NS. The van der Waals surface area contributed by atoms with Crippen molar-refractivity contribution in [2.75, 3.05) is 0 Å². The predicted octanol–water partition coefficient (Wildman–Crippen LogP) is 4.45. The van der Waals surface area contributed by atoms with Gasteiger partial charge in [0.15, 0.2) is 0 Å². The predicted molar refractivity (Wildman–Crippen MR) is 68.4 cm³/mol. The summed E-state index contributed by atoms with van der Waals surface area (Å²) < 4.78 is 0. The minimum atomic E-state index is 1.12. The van der Waals surface area contributed by atoms with E-state index < -0.39 is 0 Å². The molecule has 0 spiro atoms. The Bertz CT molecular complexity index is 401. The fourth-order valence-corrected chi connectivity index (χ4v) is 2.00. The highest BCUT2D eigenvalue weighted by Gasteiger charge is 2.00. The number of nitrogens with zero attached hydrogens (tertiary/aromatic N) is 1. The maximum Gasteiger partial charge on any atom is 0.0900 e. The first-order valence-corrected chi connectivity index (χ1v) is 6.07. The highest BCUT2D eigenvalue weighted by atomic mass is 32.1. The molecule has 2 aromatic rings. The summed E-state index contributed by atoms with van der Waals surface area (Å²) in [6.45, 7) is 8.13. The van der Waals surface area contributed by atoms with E-state index in [1.807, 2.05) is 27.0 Å². The first-order chi connectivity index (χ1) is 7.25. The number of aryl methyl sites for hydroxylation is 2. The second-order valence-corrected chi connectivity index (χ2v) is 4.34. The fourth-order valence-electron chi connectivity index (χ4n) is 1.21. The Balaban J connectivity index is 0.000000531. The zero-order valence-electron chi connectivity index (χ0n) is 9.74. The van der Waals surface area contributed by atoms with Crippen LogP contribution in [0.15, 0.2) is 30.5 Å². The Hall–Kier alpha value is -1.15. The number of rotatable bonds is 1. The summed E-state index contributed by atoms with van der Waals surface area (Å²) in [5.74, 6) is 0. The van der Waals surface area contributed by atoms with Crippen LogP contribution in [0.3, 0.4) is 0 Å². The van der Waals surface area contributed by atoms with Crippen LogP contribution < -0.4 is 0 Å². The second kappa shape index (κ2) is 5.66. The van der Waals surface area contributed by atoms with Crippen molar-refractivity contribution in [2.24, 2.45) is 0 Å².